The van der Waals surface area contributed by atoms with Crippen LogP contribution in [0.15, 0.2) is 53.3 Å². The number of carbonyl (C=O) groups is 4. The van der Waals surface area contributed by atoms with Crippen molar-refractivity contribution in [1.29, 1.82) is 0 Å². The Hall–Kier alpha value is -3.51. The van der Waals surface area contributed by atoms with Crippen LogP contribution in [-0.2, 0) is 32.3 Å². The smallest absolute Gasteiger partial charge is 0.408 e. The molecule has 12 heteroatoms. The summed E-state index contributed by atoms with van der Waals surface area (Å²) in [4.78, 5) is 51.9. The van der Waals surface area contributed by atoms with Crippen LogP contribution < -0.4 is 21.3 Å². The highest BCUT2D eigenvalue weighted by Gasteiger charge is 2.31. The van der Waals surface area contributed by atoms with E-state index in [9.17, 15) is 24.3 Å². The van der Waals surface area contributed by atoms with Gasteiger partial charge in [-0.3, -0.25) is 14.4 Å². The van der Waals surface area contributed by atoms with E-state index in [2.05, 4.69) is 21.3 Å². The molecule has 0 aliphatic carbocycles. The lowest BCUT2D eigenvalue weighted by Crippen LogP contribution is -2.54. The Morgan fingerprint density at radius 2 is 1.60 bits per heavy atom. The lowest BCUT2D eigenvalue weighted by molar-refractivity contribution is -0.132. The zero-order valence-electron chi connectivity index (χ0n) is 27.2. The topological polar surface area (TPSA) is 159 Å². The third kappa shape index (κ3) is 14.0. The van der Waals surface area contributed by atoms with Crippen molar-refractivity contribution >= 4 is 35.6 Å². The minimum atomic E-state index is -1.05. The van der Waals surface area contributed by atoms with Gasteiger partial charge >= 0.3 is 6.09 Å². The van der Waals surface area contributed by atoms with E-state index < -0.39 is 42.1 Å². The first-order valence-corrected chi connectivity index (χ1v) is 16.8. The molecule has 5 N–H and O–H groups in total. The van der Waals surface area contributed by atoms with Crippen LogP contribution in [0, 0.1) is 17.8 Å². The molecule has 4 amide bonds. The predicted molar refractivity (Wildman–Crippen MR) is 175 cm³/mol. The number of furan rings is 1. The van der Waals surface area contributed by atoms with Crippen LogP contribution in [0.25, 0.3) is 0 Å². The van der Waals surface area contributed by atoms with Gasteiger partial charge in [0.05, 0.1) is 24.7 Å². The summed E-state index contributed by atoms with van der Waals surface area (Å²) in [5.74, 6) is -1.15. The lowest BCUT2D eigenvalue weighted by Gasteiger charge is -2.30. The fourth-order valence-corrected chi connectivity index (χ4v) is 5.15. The van der Waals surface area contributed by atoms with E-state index in [0.717, 1.165) is 5.56 Å². The molecule has 0 saturated carbocycles. The number of thioether (sulfide) groups is 1. The summed E-state index contributed by atoms with van der Waals surface area (Å²) in [7, 11) is 0. The number of hydrogen-bond acceptors (Lipinski definition) is 8. The summed E-state index contributed by atoms with van der Waals surface area (Å²) in [6, 6.07) is 8.90. The van der Waals surface area contributed by atoms with Crippen molar-refractivity contribution < 1.29 is 33.4 Å². The molecule has 1 heterocycles. The Labute approximate surface area is 271 Å². The maximum Gasteiger partial charge on any atom is 0.408 e. The first kappa shape index (κ1) is 37.7. The second-order valence-corrected chi connectivity index (χ2v) is 13.1. The number of aliphatic hydroxyl groups is 1. The van der Waals surface area contributed by atoms with E-state index in [1.807, 2.05) is 64.3 Å². The molecular weight excluding hydrogens is 596 g/mol. The summed E-state index contributed by atoms with van der Waals surface area (Å²) in [6.45, 7) is 9.69. The Bertz CT molecular complexity index is 1180. The minimum absolute atomic E-state index is 0.000192. The van der Waals surface area contributed by atoms with Crippen LogP contribution in [0.3, 0.4) is 0 Å². The van der Waals surface area contributed by atoms with Gasteiger partial charge in [0, 0.05) is 18.0 Å². The highest BCUT2D eigenvalue weighted by Crippen LogP contribution is 2.17. The number of nitrogens with one attached hydrogen (secondary N) is 4. The number of ether oxygens (including phenoxy) is 1. The molecule has 0 aliphatic heterocycles. The van der Waals surface area contributed by atoms with Gasteiger partial charge in [0.2, 0.25) is 17.7 Å². The van der Waals surface area contributed by atoms with Crippen LogP contribution in [0.2, 0.25) is 0 Å². The van der Waals surface area contributed by atoms with Crippen molar-refractivity contribution in [1.82, 2.24) is 21.3 Å². The fourth-order valence-electron chi connectivity index (χ4n) is 4.67. The molecular formula is C33H50N4O7S. The third-order valence-corrected chi connectivity index (χ3v) is 7.93. The fraction of sp³-hybridized carbons (Fsp3) is 0.576. The molecule has 2 rings (SSSR count). The first-order chi connectivity index (χ1) is 21.4. The Morgan fingerprint density at radius 3 is 2.20 bits per heavy atom. The highest BCUT2D eigenvalue weighted by molar-refractivity contribution is 7.98. The summed E-state index contributed by atoms with van der Waals surface area (Å²) < 4.78 is 10.2. The summed E-state index contributed by atoms with van der Waals surface area (Å²) in [6.07, 6.45) is 3.94. The minimum Gasteiger partial charge on any atom is -0.472 e. The van der Waals surface area contributed by atoms with Crippen LogP contribution in [-0.4, -0.2) is 65.2 Å². The average Bonchev–Trinajstić information content (AvgIpc) is 3.53. The monoisotopic (exact) mass is 646 g/mol. The Kier molecular flexibility index (Phi) is 16.6. The number of benzene rings is 1. The van der Waals surface area contributed by atoms with Gasteiger partial charge in [-0.1, -0.05) is 65.0 Å². The van der Waals surface area contributed by atoms with Gasteiger partial charge in [-0.25, -0.2) is 4.79 Å². The van der Waals surface area contributed by atoms with Crippen molar-refractivity contribution in [2.24, 2.45) is 17.8 Å². The van der Waals surface area contributed by atoms with E-state index in [1.165, 1.54) is 24.3 Å². The van der Waals surface area contributed by atoms with Crippen LogP contribution in [0.5, 0.6) is 0 Å². The largest absolute Gasteiger partial charge is 0.472 e. The molecule has 0 spiro atoms. The molecule has 0 radical (unpaired) electrons. The van der Waals surface area contributed by atoms with Gasteiger partial charge in [-0.2, -0.15) is 11.8 Å². The van der Waals surface area contributed by atoms with Gasteiger partial charge in [0.1, 0.15) is 18.7 Å². The summed E-state index contributed by atoms with van der Waals surface area (Å²) in [5, 5.41) is 22.5. The van der Waals surface area contributed by atoms with Crippen molar-refractivity contribution in [3.05, 3.63) is 60.1 Å². The van der Waals surface area contributed by atoms with E-state index in [4.69, 9.17) is 9.15 Å². The molecule has 11 nitrogen and oxygen atoms in total. The summed E-state index contributed by atoms with van der Waals surface area (Å²) >= 11 is 1.54. The standard InChI is InChI=1S/C33H50N4O7S/c1-21(2)16-27(35-31(40)26(13-15-45-6)36-33(42)44-20-25-12-14-43-19-25)28(38)17-23(5)30(39)37-29(22(3)4)32(41)34-18-24-10-8-7-9-11-24/h7-12,14,19,21-23,26-29,38H,13,15-18,20H2,1-6H3,(H,34,41)(H,35,40)(H,36,42)(H,37,39)/t23-,26?,27+,28+,29+/m1/s1. The third-order valence-electron chi connectivity index (χ3n) is 7.29. The maximum absolute atomic E-state index is 13.4. The molecule has 1 unspecified atom stereocenters. The number of amides is 4. The Balaban J connectivity index is 2.00. The van der Waals surface area contributed by atoms with E-state index >= 15 is 0 Å². The normalized spacial score (nSPS) is 14.6. The highest BCUT2D eigenvalue weighted by atomic mass is 32.2. The predicted octanol–water partition coefficient (Wildman–Crippen LogP) is 4.00. The molecule has 0 fully saturated rings. The average molecular weight is 647 g/mol. The number of alkyl carbamates (subject to hydrolysis) is 1. The molecule has 1 aromatic heterocycles. The van der Waals surface area contributed by atoms with Gasteiger partial charge in [0.15, 0.2) is 0 Å². The molecule has 45 heavy (non-hydrogen) atoms. The van der Waals surface area contributed by atoms with E-state index in [-0.39, 0.29) is 36.7 Å². The van der Waals surface area contributed by atoms with Crippen molar-refractivity contribution in [2.75, 3.05) is 12.0 Å². The molecule has 5 atom stereocenters. The number of rotatable bonds is 19. The molecule has 1 aromatic carbocycles. The van der Waals surface area contributed by atoms with Gasteiger partial charge in [-0.15, -0.1) is 0 Å². The second kappa shape index (κ2) is 19.8. The number of carbonyl (C=O) groups excluding carboxylic acids is 4. The van der Waals surface area contributed by atoms with Crippen LogP contribution in [0.4, 0.5) is 4.79 Å². The van der Waals surface area contributed by atoms with Crippen molar-refractivity contribution in [3.63, 3.8) is 0 Å². The Morgan fingerprint density at radius 1 is 0.889 bits per heavy atom. The van der Waals surface area contributed by atoms with Gasteiger partial charge in [-0.05, 0) is 54.7 Å². The van der Waals surface area contributed by atoms with Crippen LogP contribution in [0.1, 0.15) is 65.0 Å². The molecule has 0 aliphatic rings. The second-order valence-electron chi connectivity index (χ2n) is 12.1. The van der Waals surface area contributed by atoms with Crippen LogP contribution >= 0.6 is 11.8 Å². The molecule has 250 valence electrons. The molecule has 0 bridgehead atoms. The number of aliphatic hydroxyl groups excluding tert-OH is 1. The number of hydrogen-bond donors (Lipinski definition) is 5. The zero-order chi connectivity index (χ0) is 33.4. The zero-order valence-corrected chi connectivity index (χ0v) is 28.0. The van der Waals surface area contributed by atoms with Crippen molar-refractivity contribution in [3.8, 4) is 0 Å². The van der Waals surface area contributed by atoms with E-state index in [1.54, 1.807) is 13.0 Å². The molecule has 0 saturated heterocycles. The maximum atomic E-state index is 13.4. The quantitative estimate of drug-likeness (QED) is 0.153. The van der Waals surface area contributed by atoms with Gasteiger partial charge in [0.25, 0.3) is 0 Å². The van der Waals surface area contributed by atoms with Crippen molar-refractivity contribution in [2.45, 2.75) is 91.3 Å². The van der Waals surface area contributed by atoms with E-state index in [0.29, 0.717) is 30.7 Å². The first-order valence-electron chi connectivity index (χ1n) is 15.4. The van der Waals surface area contributed by atoms with Gasteiger partial charge < -0.3 is 35.5 Å². The lowest BCUT2D eigenvalue weighted by atomic mass is 9.91. The summed E-state index contributed by atoms with van der Waals surface area (Å²) in [5.41, 5.74) is 1.63. The molecule has 2 aromatic rings. The SMILES string of the molecule is CSCCC(NC(=O)OCc1ccoc1)C(=O)N[C@@H](CC(C)C)[C@@H](O)C[C@@H](C)C(=O)N[C@H](C(=O)NCc1ccccc1)C(C)C.